The van der Waals surface area contributed by atoms with Crippen LogP contribution >= 0.6 is 0 Å². The van der Waals surface area contributed by atoms with Crippen LogP contribution in [0.4, 0.5) is 5.82 Å². The molecule has 0 spiro atoms. The van der Waals surface area contributed by atoms with E-state index in [4.69, 9.17) is 4.52 Å². The molecule has 0 saturated carbocycles. The van der Waals surface area contributed by atoms with Gasteiger partial charge in [0.05, 0.1) is 5.92 Å². The van der Waals surface area contributed by atoms with E-state index in [0.717, 1.165) is 5.76 Å². The van der Waals surface area contributed by atoms with Gasteiger partial charge in [0.1, 0.15) is 5.76 Å². The fourth-order valence-electron chi connectivity index (χ4n) is 0.929. The van der Waals surface area contributed by atoms with Crippen molar-refractivity contribution in [3.05, 3.63) is 17.7 Å². The Kier molecular flexibility index (Phi) is 3.17. The molecule has 1 heterocycles. The maximum atomic E-state index is 11.3. The van der Waals surface area contributed by atoms with Gasteiger partial charge in [-0.25, -0.2) is 0 Å². The van der Waals surface area contributed by atoms with Gasteiger partial charge >= 0.3 is 0 Å². The Hall–Kier alpha value is -1.32. The van der Waals surface area contributed by atoms with Crippen LogP contribution in [0.3, 0.4) is 0 Å². The highest BCUT2D eigenvalue weighted by Crippen LogP contribution is 2.24. The lowest BCUT2D eigenvalue weighted by molar-refractivity contribution is -0.114. The van der Waals surface area contributed by atoms with Gasteiger partial charge in [0.25, 0.3) is 0 Å². The summed E-state index contributed by atoms with van der Waals surface area (Å²) in [5.74, 6) is 1.77. The highest BCUT2D eigenvalue weighted by molar-refractivity contribution is 5.99. The van der Waals surface area contributed by atoms with Crippen molar-refractivity contribution in [3.63, 3.8) is 0 Å². The van der Waals surface area contributed by atoms with Gasteiger partial charge in [0.15, 0.2) is 5.82 Å². The standard InChI is InChI=1S/C11H17N2O2/c1-7(2)10(14)12-9-6-8(15-13-9)11(3,4)5/h6H,1-5H3,(H,12,13,14). The minimum atomic E-state index is -0.135. The van der Waals surface area contributed by atoms with Crippen molar-refractivity contribution in [1.82, 2.24) is 5.16 Å². The average Bonchev–Trinajstić information content (AvgIpc) is 2.51. The third-order valence-corrected chi connectivity index (χ3v) is 1.95. The summed E-state index contributed by atoms with van der Waals surface area (Å²) < 4.78 is 5.14. The van der Waals surface area contributed by atoms with Crippen molar-refractivity contribution >= 4 is 11.7 Å². The lowest BCUT2D eigenvalue weighted by Crippen LogP contribution is -2.16. The average molecular weight is 209 g/mol. The van der Waals surface area contributed by atoms with E-state index in [1.54, 1.807) is 19.9 Å². The molecule has 4 nitrogen and oxygen atoms in total. The maximum absolute atomic E-state index is 11.3. The molecular formula is C11H17N2O2. The summed E-state index contributed by atoms with van der Waals surface area (Å²) in [4.78, 5) is 11.3. The van der Waals surface area contributed by atoms with Crippen molar-refractivity contribution < 1.29 is 9.32 Å². The number of amides is 1. The monoisotopic (exact) mass is 209 g/mol. The van der Waals surface area contributed by atoms with Crippen molar-refractivity contribution in [3.8, 4) is 0 Å². The van der Waals surface area contributed by atoms with Crippen molar-refractivity contribution in [1.29, 1.82) is 0 Å². The molecular weight excluding hydrogens is 192 g/mol. The molecule has 1 amide bonds. The normalized spacial score (nSPS) is 11.9. The highest BCUT2D eigenvalue weighted by Gasteiger charge is 2.20. The van der Waals surface area contributed by atoms with Gasteiger partial charge in [-0.1, -0.05) is 25.9 Å². The fraction of sp³-hybridized carbons (Fsp3) is 0.545. The van der Waals surface area contributed by atoms with Crippen LogP contribution in [-0.2, 0) is 10.2 Å². The number of nitrogens with one attached hydrogen (secondary N) is 1. The summed E-state index contributed by atoms with van der Waals surface area (Å²) in [5, 5.41) is 6.44. The first-order chi connectivity index (χ1) is 6.80. The van der Waals surface area contributed by atoms with Gasteiger partial charge < -0.3 is 9.84 Å². The lowest BCUT2D eigenvalue weighted by Gasteiger charge is -2.12. The molecule has 1 rings (SSSR count). The molecule has 4 heteroatoms. The van der Waals surface area contributed by atoms with Crippen molar-refractivity contribution in [2.24, 2.45) is 0 Å². The fourth-order valence-corrected chi connectivity index (χ4v) is 0.929. The zero-order valence-corrected chi connectivity index (χ0v) is 9.84. The summed E-state index contributed by atoms with van der Waals surface area (Å²) in [6.45, 7) is 9.57. The molecule has 0 aliphatic heterocycles. The van der Waals surface area contributed by atoms with Crippen LogP contribution in [-0.4, -0.2) is 11.1 Å². The second-order valence-electron chi connectivity index (χ2n) is 4.78. The third-order valence-electron chi connectivity index (χ3n) is 1.95. The van der Waals surface area contributed by atoms with E-state index in [9.17, 15) is 4.79 Å². The summed E-state index contributed by atoms with van der Waals surface area (Å²) >= 11 is 0. The number of anilines is 1. The predicted octanol–water partition coefficient (Wildman–Crippen LogP) is 2.52. The van der Waals surface area contributed by atoms with Gasteiger partial charge in [-0.3, -0.25) is 4.79 Å². The molecule has 1 aromatic heterocycles. The molecule has 0 unspecified atom stereocenters. The summed E-state index contributed by atoms with van der Waals surface area (Å²) in [6.07, 6.45) is 0. The number of hydrogen-bond donors (Lipinski definition) is 1. The van der Waals surface area contributed by atoms with Crippen molar-refractivity contribution in [2.75, 3.05) is 5.32 Å². The molecule has 15 heavy (non-hydrogen) atoms. The predicted molar refractivity (Wildman–Crippen MR) is 58.4 cm³/mol. The van der Waals surface area contributed by atoms with E-state index in [2.05, 4.69) is 10.5 Å². The number of carbonyl (C=O) groups is 1. The lowest BCUT2D eigenvalue weighted by atomic mass is 9.93. The van der Waals surface area contributed by atoms with Crippen LogP contribution < -0.4 is 5.32 Å². The Bertz CT molecular complexity index is 348. The Morgan fingerprint density at radius 3 is 2.40 bits per heavy atom. The summed E-state index contributed by atoms with van der Waals surface area (Å²) in [6, 6.07) is 1.75. The van der Waals surface area contributed by atoms with Crippen LogP contribution in [0.15, 0.2) is 10.6 Å². The van der Waals surface area contributed by atoms with Gasteiger partial charge in [-0.2, -0.15) is 0 Å². The Morgan fingerprint density at radius 1 is 1.40 bits per heavy atom. The van der Waals surface area contributed by atoms with E-state index in [1.807, 2.05) is 20.8 Å². The number of carbonyl (C=O) groups excluding carboxylic acids is 1. The summed E-state index contributed by atoms with van der Waals surface area (Å²) in [7, 11) is 0. The van der Waals surface area contributed by atoms with E-state index in [0.29, 0.717) is 11.7 Å². The third kappa shape index (κ3) is 3.08. The van der Waals surface area contributed by atoms with Crippen LogP contribution in [0.2, 0.25) is 0 Å². The summed E-state index contributed by atoms with van der Waals surface area (Å²) in [5.41, 5.74) is -0.0963. The Morgan fingerprint density at radius 2 is 2.00 bits per heavy atom. The van der Waals surface area contributed by atoms with Gasteiger partial charge in [0, 0.05) is 11.5 Å². The van der Waals surface area contributed by atoms with Crippen LogP contribution in [0.1, 0.15) is 40.4 Å². The Balaban J connectivity index is 2.73. The van der Waals surface area contributed by atoms with Crippen LogP contribution in [0.5, 0.6) is 0 Å². The first-order valence-electron chi connectivity index (χ1n) is 4.89. The molecule has 83 valence electrons. The maximum Gasteiger partial charge on any atom is 0.232 e. The molecule has 0 fully saturated rings. The molecule has 1 radical (unpaired) electrons. The quantitative estimate of drug-likeness (QED) is 0.814. The first-order valence-corrected chi connectivity index (χ1v) is 4.89. The van der Waals surface area contributed by atoms with Crippen LogP contribution in [0, 0.1) is 5.92 Å². The van der Waals surface area contributed by atoms with Crippen molar-refractivity contribution in [2.45, 2.75) is 40.0 Å². The zero-order valence-electron chi connectivity index (χ0n) is 9.84. The van der Waals surface area contributed by atoms with E-state index >= 15 is 0 Å². The number of nitrogens with zero attached hydrogens (tertiary/aromatic N) is 1. The number of rotatable bonds is 2. The molecule has 0 atom stereocenters. The SMILES string of the molecule is C[C](C)C(=O)Nc1cc(C(C)(C)C)on1. The smallest absolute Gasteiger partial charge is 0.232 e. The number of aromatic nitrogens is 1. The molecule has 0 bridgehead atoms. The molecule has 0 aliphatic rings. The first kappa shape index (κ1) is 11.8. The molecule has 1 aromatic rings. The number of hydrogen-bond acceptors (Lipinski definition) is 3. The van der Waals surface area contributed by atoms with Gasteiger partial charge in [-0.05, 0) is 13.8 Å². The molecule has 0 aromatic carbocycles. The zero-order chi connectivity index (χ0) is 11.6. The van der Waals surface area contributed by atoms with E-state index < -0.39 is 0 Å². The second-order valence-corrected chi connectivity index (χ2v) is 4.78. The molecule has 1 N–H and O–H groups in total. The Labute approximate surface area is 90.0 Å². The second kappa shape index (κ2) is 4.04. The topological polar surface area (TPSA) is 55.1 Å². The van der Waals surface area contributed by atoms with Gasteiger partial charge in [0.2, 0.25) is 5.91 Å². The molecule has 0 aliphatic carbocycles. The minimum absolute atomic E-state index is 0.0963. The minimum Gasteiger partial charge on any atom is -0.359 e. The molecule has 0 saturated heterocycles. The highest BCUT2D eigenvalue weighted by atomic mass is 16.5. The van der Waals surface area contributed by atoms with E-state index in [-0.39, 0.29) is 11.3 Å². The largest absolute Gasteiger partial charge is 0.359 e. The van der Waals surface area contributed by atoms with Gasteiger partial charge in [-0.15, -0.1) is 0 Å². The van der Waals surface area contributed by atoms with Crippen LogP contribution in [0.25, 0.3) is 0 Å². The van der Waals surface area contributed by atoms with E-state index in [1.165, 1.54) is 0 Å².